The maximum Gasteiger partial charge on any atom is 0.221 e. The fourth-order valence-corrected chi connectivity index (χ4v) is 0.658. The molecule has 0 atom stereocenters. The highest BCUT2D eigenvalue weighted by Crippen LogP contribution is 1.92. The monoisotopic (exact) mass is 183 g/mol. The van der Waals surface area contributed by atoms with Crippen LogP contribution >= 0.6 is 0 Å². The van der Waals surface area contributed by atoms with Gasteiger partial charge in [-0.15, -0.1) is 0 Å². The number of amides is 1. The van der Waals surface area contributed by atoms with Crippen LogP contribution in [0.25, 0.3) is 0 Å². The molecule has 76 valence electrons. The molecule has 0 saturated heterocycles. The van der Waals surface area contributed by atoms with Gasteiger partial charge in [-0.3, -0.25) is 4.79 Å². The summed E-state index contributed by atoms with van der Waals surface area (Å²) < 4.78 is 0. The van der Waals surface area contributed by atoms with Crippen LogP contribution in [-0.2, 0) is 4.79 Å². The average molecular weight is 183 g/mol. The van der Waals surface area contributed by atoms with E-state index in [4.69, 9.17) is 0 Å². The van der Waals surface area contributed by atoms with Gasteiger partial charge in [-0.25, -0.2) is 0 Å². The summed E-state index contributed by atoms with van der Waals surface area (Å²) in [5.74, 6) is -0.0288. The first kappa shape index (κ1) is 14.5. The molecule has 0 rings (SSSR count). The van der Waals surface area contributed by atoms with Crippen LogP contribution in [0.2, 0.25) is 0 Å². The van der Waals surface area contributed by atoms with Gasteiger partial charge in [0.25, 0.3) is 0 Å². The standard InChI is InChI=1S/C9H15NO.C2H6/c1-4-6-7-9(5-2)10-8(3)11;1-2/h5-7H,4H2,1-3H3,(H,10,11);1-2H3/b7-6-,9-5+;. The minimum Gasteiger partial charge on any atom is -0.327 e. The Morgan fingerprint density at radius 1 is 1.38 bits per heavy atom. The van der Waals surface area contributed by atoms with E-state index in [0.29, 0.717) is 0 Å². The minimum absolute atomic E-state index is 0.0288. The number of allylic oxidation sites excluding steroid dienone is 3. The zero-order chi connectivity index (χ0) is 10.7. The van der Waals surface area contributed by atoms with E-state index in [0.717, 1.165) is 12.1 Å². The lowest BCUT2D eigenvalue weighted by molar-refractivity contribution is -0.118. The summed E-state index contributed by atoms with van der Waals surface area (Å²) >= 11 is 0. The van der Waals surface area contributed by atoms with Gasteiger partial charge in [0.1, 0.15) is 0 Å². The molecule has 0 heterocycles. The predicted molar refractivity (Wildman–Crippen MR) is 58.4 cm³/mol. The van der Waals surface area contributed by atoms with Crippen molar-refractivity contribution in [3.8, 4) is 0 Å². The van der Waals surface area contributed by atoms with Gasteiger partial charge in [0, 0.05) is 12.6 Å². The Morgan fingerprint density at radius 2 is 1.92 bits per heavy atom. The summed E-state index contributed by atoms with van der Waals surface area (Å²) in [5.41, 5.74) is 0.861. The lowest BCUT2D eigenvalue weighted by Gasteiger charge is -1.99. The second-order valence-corrected chi connectivity index (χ2v) is 2.24. The zero-order valence-electron chi connectivity index (χ0n) is 9.35. The highest BCUT2D eigenvalue weighted by molar-refractivity contribution is 5.75. The van der Waals surface area contributed by atoms with E-state index >= 15 is 0 Å². The zero-order valence-corrected chi connectivity index (χ0v) is 9.35. The predicted octanol–water partition coefficient (Wildman–Crippen LogP) is 3.02. The Balaban J connectivity index is 0. The van der Waals surface area contributed by atoms with E-state index in [1.807, 2.05) is 39.0 Å². The molecule has 0 unspecified atom stereocenters. The quantitative estimate of drug-likeness (QED) is 0.669. The van der Waals surface area contributed by atoms with E-state index < -0.39 is 0 Å². The van der Waals surface area contributed by atoms with Crippen LogP contribution in [0.4, 0.5) is 0 Å². The molecule has 0 fully saturated rings. The molecule has 0 aromatic heterocycles. The highest BCUT2D eigenvalue weighted by atomic mass is 16.1. The largest absolute Gasteiger partial charge is 0.327 e. The highest BCUT2D eigenvalue weighted by Gasteiger charge is 1.91. The Morgan fingerprint density at radius 3 is 2.23 bits per heavy atom. The van der Waals surface area contributed by atoms with Crippen molar-refractivity contribution in [3.05, 3.63) is 23.9 Å². The van der Waals surface area contributed by atoms with E-state index in [2.05, 4.69) is 12.2 Å². The van der Waals surface area contributed by atoms with E-state index in [1.54, 1.807) is 0 Å². The normalized spacial score (nSPS) is 10.7. The number of nitrogens with one attached hydrogen (secondary N) is 1. The van der Waals surface area contributed by atoms with Gasteiger partial charge in [0.2, 0.25) is 5.91 Å². The molecule has 0 radical (unpaired) electrons. The van der Waals surface area contributed by atoms with Crippen molar-refractivity contribution in [2.75, 3.05) is 0 Å². The van der Waals surface area contributed by atoms with Crippen LogP contribution < -0.4 is 5.32 Å². The van der Waals surface area contributed by atoms with E-state index in [1.165, 1.54) is 6.92 Å². The fourth-order valence-electron chi connectivity index (χ4n) is 0.658. The topological polar surface area (TPSA) is 29.1 Å². The number of hydrogen-bond acceptors (Lipinski definition) is 1. The summed E-state index contributed by atoms with van der Waals surface area (Å²) in [5, 5.41) is 2.70. The lowest BCUT2D eigenvalue weighted by Crippen LogP contribution is -2.17. The second-order valence-electron chi connectivity index (χ2n) is 2.24. The SMILES string of the molecule is C/C=C(\C=C/CC)NC(C)=O.CC. The van der Waals surface area contributed by atoms with Gasteiger partial charge in [-0.2, -0.15) is 0 Å². The first-order valence-electron chi connectivity index (χ1n) is 4.81. The Hall–Kier alpha value is -1.05. The maximum atomic E-state index is 10.6. The summed E-state index contributed by atoms with van der Waals surface area (Å²) in [6.07, 6.45) is 6.76. The van der Waals surface area contributed by atoms with Gasteiger partial charge in [0.15, 0.2) is 0 Å². The minimum atomic E-state index is -0.0288. The van der Waals surface area contributed by atoms with Gasteiger partial charge in [0.05, 0.1) is 0 Å². The molecule has 1 amide bonds. The Kier molecular flexibility index (Phi) is 12.2. The summed E-state index contributed by atoms with van der Waals surface area (Å²) in [6.45, 7) is 9.45. The smallest absolute Gasteiger partial charge is 0.221 e. The van der Waals surface area contributed by atoms with Crippen LogP contribution in [0.5, 0.6) is 0 Å². The van der Waals surface area contributed by atoms with Crippen molar-refractivity contribution >= 4 is 5.91 Å². The van der Waals surface area contributed by atoms with Crippen LogP contribution in [0.3, 0.4) is 0 Å². The third kappa shape index (κ3) is 10.9. The molecule has 0 aliphatic rings. The molecular weight excluding hydrogens is 162 g/mol. The number of rotatable bonds is 3. The molecule has 13 heavy (non-hydrogen) atoms. The Labute approximate surface area is 81.7 Å². The third-order valence-corrected chi connectivity index (χ3v) is 1.16. The van der Waals surface area contributed by atoms with Crippen molar-refractivity contribution in [3.63, 3.8) is 0 Å². The van der Waals surface area contributed by atoms with E-state index in [-0.39, 0.29) is 5.91 Å². The number of hydrogen-bond donors (Lipinski definition) is 1. The van der Waals surface area contributed by atoms with Crippen molar-refractivity contribution in [1.29, 1.82) is 0 Å². The first-order chi connectivity index (χ1) is 6.20. The van der Waals surface area contributed by atoms with Crippen molar-refractivity contribution in [1.82, 2.24) is 5.32 Å². The molecule has 0 aromatic carbocycles. The lowest BCUT2D eigenvalue weighted by atomic mass is 10.3. The first-order valence-corrected chi connectivity index (χ1v) is 4.81. The molecule has 0 aliphatic heterocycles. The molecule has 0 aromatic rings. The maximum absolute atomic E-state index is 10.6. The number of carbonyl (C=O) groups excluding carboxylic acids is 1. The van der Waals surface area contributed by atoms with Crippen LogP contribution in [-0.4, -0.2) is 5.91 Å². The summed E-state index contributed by atoms with van der Waals surface area (Å²) in [7, 11) is 0. The van der Waals surface area contributed by atoms with Crippen LogP contribution in [0.15, 0.2) is 23.9 Å². The van der Waals surface area contributed by atoms with Gasteiger partial charge < -0.3 is 5.32 Å². The molecule has 0 saturated carbocycles. The molecule has 0 bridgehead atoms. The van der Waals surface area contributed by atoms with Gasteiger partial charge in [-0.1, -0.05) is 32.9 Å². The van der Waals surface area contributed by atoms with Crippen LogP contribution in [0, 0.1) is 0 Å². The number of carbonyl (C=O) groups is 1. The van der Waals surface area contributed by atoms with E-state index in [9.17, 15) is 4.79 Å². The van der Waals surface area contributed by atoms with Crippen LogP contribution in [0.1, 0.15) is 41.0 Å². The summed E-state index contributed by atoms with van der Waals surface area (Å²) in [4.78, 5) is 10.6. The average Bonchev–Trinajstić information content (AvgIpc) is 2.15. The fraction of sp³-hybridized carbons (Fsp3) is 0.545. The Bertz CT molecular complexity index is 181. The molecule has 2 heteroatoms. The van der Waals surface area contributed by atoms with Crippen molar-refractivity contribution < 1.29 is 4.79 Å². The molecule has 0 spiro atoms. The van der Waals surface area contributed by atoms with Crippen molar-refractivity contribution in [2.24, 2.45) is 0 Å². The molecule has 2 nitrogen and oxygen atoms in total. The second kappa shape index (κ2) is 11.0. The third-order valence-electron chi connectivity index (χ3n) is 1.16. The molecule has 1 N–H and O–H groups in total. The van der Waals surface area contributed by atoms with Gasteiger partial charge >= 0.3 is 0 Å². The molecule has 0 aliphatic carbocycles. The van der Waals surface area contributed by atoms with Gasteiger partial charge in [-0.05, 0) is 19.4 Å². The molecular formula is C11H21NO. The van der Waals surface area contributed by atoms with Crippen molar-refractivity contribution in [2.45, 2.75) is 41.0 Å². The summed E-state index contributed by atoms with van der Waals surface area (Å²) in [6, 6.07) is 0.